The minimum absolute atomic E-state index is 0.134. The van der Waals surface area contributed by atoms with E-state index in [2.05, 4.69) is 15.6 Å². The van der Waals surface area contributed by atoms with E-state index in [-0.39, 0.29) is 17.6 Å². The summed E-state index contributed by atoms with van der Waals surface area (Å²) in [5, 5.41) is 3.81. The predicted molar refractivity (Wildman–Crippen MR) is 79.0 cm³/mol. The second kappa shape index (κ2) is 6.87. The highest BCUT2D eigenvalue weighted by molar-refractivity contribution is 5.97. The number of H-pyrrole nitrogens is 1. The van der Waals surface area contributed by atoms with Crippen LogP contribution in [0.5, 0.6) is 0 Å². The van der Waals surface area contributed by atoms with Gasteiger partial charge in [-0.05, 0) is 20.8 Å². The van der Waals surface area contributed by atoms with Crippen molar-refractivity contribution >= 4 is 11.6 Å². The lowest BCUT2D eigenvalue weighted by Crippen LogP contribution is -2.46. The summed E-state index contributed by atoms with van der Waals surface area (Å²) in [5.74, 6) is -0.799. The fourth-order valence-electron chi connectivity index (χ4n) is 1.31. The normalized spacial score (nSPS) is 11.9. The molecule has 1 aromatic heterocycles. The highest BCUT2D eigenvalue weighted by Crippen LogP contribution is 1.96. The van der Waals surface area contributed by atoms with Crippen LogP contribution in [0.2, 0.25) is 0 Å². The molecule has 0 fully saturated rings. The summed E-state index contributed by atoms with van der Waals surface area (Å²) in [7, 11) is 0. The molecule has 116 valence electrons. The van der Waals surface area contributed by atoms with Gasteiger partial charge in [0.2, 0.25) is 5.91 Å². The molecule has 1 rings (SSSR count). The summed E-state index contributed by atoms with van der Waals surface area (Å²) >= 11 is 0. The van der Waals surface area contributed by atoms with Crippen molar-refractivity contribution in [2.45, 2.75) is 40.7 Å². The molecule has 1 aromatic rings. The minimum atomic E-state index is -0.727. The minimum Gasteiger partial charge on any atom is -0.393 e. The van der Waals surface area contributed by atoms with Gasteiger partial charge in [-0.1, -0.05) is 19.0 Å². The maximum atomic E-state index is 12.2. The molecule has 0 aliphatic heterocycles. The Bertz CT molecular complexity index is 655. The van der Waals surface area contributed by atoms with Crippen molar-refractivity contribution < 1.29 is 9.63 Å². The Balaban J connectivity index is 3.22. The SMILES string of the molecule is C/C(=N\OC(C)C)c1c[nH]c(=O)n(NC(=O)C(C)C)c1=O. The number of aromatic nitrogens is 2. The van der Waals surface area contributed by atoms with E-state index in [4.69, 9.17) is 4.84 Å². The summed E-state index contributed by atoms with van der Waals surface area (Å²) in [6.07, 6.45) is 1.11. The second-order valence-corrected chi connectivity index (χ2v) is 5.11. The number of hydrogen-bond acceptors (Lipinski definition) is 5. The second-order valence-electron chi connectivity index (χ2n) is 5.11. The molecule has 0 spiro atoms. The van der Waals surface area contributed by atoms with Crippen molar-refractivity contribution in [2.75, 3.05) is 5.43 Å². The van der Waals surface area contributed by atoms with Crippen molar-refractivity contribution in [3.05, 3.63) is 32.6 Å². The molecule has 1 amide bonds. The van der Waals surface area contributed by atoms with Crippen LogP contribution in [0.4, 0.5) is 0 Å². The maximum Gasteiger partial charge on any atom is 0.347 e. The lowest BCUT2D eigenvalue weighted by molar-refractivity contribution is -0.119. The molecule has 0 saturated heterocycles. The summed E-state index contributed by atoms with van der Waals surface area (Å²) in [6.45, 7) is 8.48. The number of oxime groups is 1. The van der Waals surface area contributed by atoms with E-state index in [1.807, 2.05) is 0 Å². The zero-order valence-corrected chi connectivity index (χ0v) is 12.8. The molecular weight excluding hydrogens is 276 g/mol. The number of carbonyl (C=O) groups is 1. The first-order valence-electron chi connectivity index (χ1n) is 6.60. The number of hydrogen-bond donors (Lipinski definition) is 2. The zero-order valence-electron chi connectivity index (χ0n) is 12.8. The first-order valence-corrected chi connectivity index (χ1v) is 6.60. The van der Waals surface area contributed by atoms with Gasteiger partial charge in [0.1, 0.15) is 6.10 Å². The van der Waals surface area contributed by atoms with Crippen LogP contribution in [0.25, 0.3) is 0 Å². The Kier molecular flexibility index (Phi) is 5.45. The van der Waals surface area contributed by atoms with Crippen LogP contribution in [0, 0.1) is 5.92 Å². The molecule has 0 radical (unpaired) electrons. The molecular formula is C13H20N4O4. The van der Waals surface area contributed by atoms with E-state index in [1.165, 1.54) is 6.20 Å². The third-order valence-corrected chi connectivity index (χ3v) is 2.51. The Hall–Kier alpha value is -2.38. The van der Waals surface area contributed by atoms with Crippen molar-refractivity contribution in [3.8, 4) is 0 Å². The summed E-state index contributed by atoms with van der Waals surface area (Å²) in [5.41, 5.74) is 1.31. The molecule has 0 bridgehead atoms. The fourth-order valence-corrected chi connectivity index (χ4v) is 1.31. The van der Waals surface area contributed by atoms with Crippen LogP contribution in [-0.2, 0) is 9.63 Å². The molecule has 0 atom stereocenters. The van der Waals surface area contributed by atoms with Crippen LogP contribution in [-0.4, -0.2) is 27.4 Å². The molecule has 0 unspecified atom stereocenters. The van der Waals surface area contributed by atoms with Gasteiger partial charge in [0, 0.05) is 12.1 Å². The molecule has 0 aliphatic carbocycles. The van der Waals surface area contributed by atoms with Crippen LogP contribution in [0.3, 0.4) is 0 Å². The van der Waals surface area contributed by atoms with Gasteiger partial charge in [-0.25, -0.2) is 4.79 Å². The molecule has 2 N–H and O–H groups in total. The number of nitrogens with one attached hydrogen (secondary N) is 2. The fraction of sp³-hybridized carbons (Fsp3) is 0.538. The lowest BCUT2D eigenvalue weighted by Gasteiger charge is -2.10. The van der Waals surface area contributed by atoms with Crippen molar-refractivity contribution in [3.63, 3.8) is 0 Å². The summed E-state index contributed by atoms with van der Waals surface area (Å²) < 4.78 is 0.631. The van der Waals surface area contributed by atoms with E-state index in [0.29, 0.717) is 10.4 Å². The van der Waals surface area contributed by atoms with Gasteiger partial charge < -0.3 is 9.82 Å². The number of amides is 1. The molecule has 1 heterocycles. The van der Waals surface area contributed by atoms with Crippen molar-refractivity contribution in [2.24, 2.45) is 11.1 Å². The molecule has 0 saturated carbocycles. The molecule has 21 heavy (non-hydrogen) atoms. The summed E-state index contributed by atoms with van der Waals surface area (Å²) in [4.78, 5) is 43.0. The van der Waals surface area contributed by atoms with Crippen LogP contribution >= 0.6 is 0 Å². The maximum absolute atomic E-state index is 12.2. The predicted octanol–water partition coefficient (Wildman–Crippen LogP) is 0.412. The average Bonchev–Trinajstić information content (AvgIpc) is 2.40. The quantitative estimate of drug-likeness (QED) is 0.606. The van der Waals surface area contributed by atoms with Gasteiger partial charge in [-0.15, -0.1) is 0 Å². The smallest absolute Gasteiger partial charge is 0.347 e. The first-order chi connectivity index (χ1) is 9.73. The Labute approximate surface area is 121 Å². The van der Waals surface area contributed by atoms with Gasteiger partial charge in [0.25, 0.3) is 5.56 Å². The monoisotopic (exact) mass is 296 g/mol. The topological polar surface area (TPSA) is 106 Å². The van der Waals surface area contributed by atoms with Gasteiger partial charge in [-0.3, -0.25) is 15.0 Å². The number of rotatable bonds is 5. The molecule has 8 nitrogen and oxygen atoms in total. The highest BCUT2D eigenvalue weighted by atomic mass is 16.6. The van der Waals surface area contributed by atoms with Gasteiger partial charge >= 0.3 is 5.69 Å². The first kappa shape index (κ1) is 16.7. The molecule has 0 aromatic carbocycles. The molecule has 8 heteroatoms. The van der Waals surface area contributed by atoms with E-state index >= 15 is 0 Å². The Morgan fingerprint density at radius 2 is 1.95 bits per heavy atom. The van der Waals surface area contributed by atoms with Gasteiger partial charge in [0.15, 0.2) is 0 Å². The molecule has 0 aliphatic rings. The van der Waals surface area contributed by atoms with Crippen molar-refractivity contribution in [1.82, 2.24) is 9.66 Å². The van der Waals surface area contributed by atoms with Gasteiger partial charge in [0.05, 0.1) is 11.3 Å². The number of nitrogens with zero attached hydrogens (tertiary/aromatic N) is 2. The third-order valence-electron chi connectivity index (χ3n) is 2.51. The van der Waals surface area contributed by atoms with E-state index in [0.717, 1.165) is 0 Å². The van der Waals surface area contributed by atoms with Crippen molar-refractivity contribution in [1.29, 1.82) is 0 Å². The third kappa shape index (κ3) is 4.30. The average molecular weight is 296 g/mol. The zero-order chi connectivity index (χ0) is 16.2. The van der Waals surface area contributed by atoms with Crippen LogP contribution in [0.15, 0.2) is 20.9 Å². The highest BCUT2D eigenvalue weighted by Gasteiger charge is 2.14. The van der Waals surface area contributed by atoms with E-state index in [1.54, 1.807) is 34.6 Å². The van der Waals surface area contributed by atoms with E-state index < -0.39 is 17.2 Å². The summed E-state index contributed by atoms with van der Waals surface area (Å²) in [6, 6.07) is 0. The Morgan fingerprint density at radius 3 is 2.48 bits per heavy atom. The van der Waals surface area contributed by atoms with E-state index in [9.17, 15) is 14.4 Å². The largest absolute Gasteiger partial charge is 0.393 e. The lowest BCUT2D eigenvalue weighted by atomic mass is 10.2. The van der Waals surface area contributed by atoms with Gasteiger partial charge in [-0.2, -0.15) is 4.68 Å². The van der Waals surface area contributed by atoms with Crippen LogP contribution < -0.4 is 16.7 Å². The Morgan fingerprint density at radius 1 is 1.33 bits per heavy atom. The number of carbonyl (C=O) groups excluding carboxylic acids is 1. The standard InChI is InChI=1S/C13H20N4O4/c1-7(2)11(18)15-17-12(19)10(6-14-13(17)20)9(5)16-21-8(3)4/h6-8H,1-5H3,(H,14,20)(H,15,18)/b16-9+. The van der Waals surface area contributed by atoms with Crippen LogP contribution in [0.1, 0.15) is 40.2 Å². The number of aromatic amines is 1.